The summed E-state index contributed by atoms with van der Waals surface area (Å²) >= 11 is 0. The third-order valence-corrected chi connectivity index (χ3v) is 5.89. The second-order valence-electron chi connectivity index (χ2n) is 8.63. The molecular formula is C23H25F5N6O2. The van der Waals surface area contributed by atoms with Crippen molar-refractivity contribution in [3.63, 3.8) is 0 Å². The number of nitrogens with two attached hydrogens (primary N) is 1. The van der Waals surface area contributed by atoms with Crippen LogP contribution in [0.15, 0.2) is 6.07 Å². The molecule has 0 saturated heterocycles. The van der Waals surface area contributed by atoms with E-state index in [1.54, 1.807) is 6.92 Å². The third kappa shape index (κ3) is 4.66. The predicted molar refractivity (Wildman–Crippen MR) is 124 cm³/mol. The fraction of sp³-hybridized carbons (Fsp3) is 0.435. The van der Waals surface area contributed by atoms with Gasteiger partial charge in [0.25, 0.3) is 0 Å². The van der Waals surface area contributed by atoms with Gasteiger partial charge >= 0.3 is 12.2 Å². The summed E-state index contributed by atoms with van der Waals surface area (Å²) in [6, 6.07) is 0.533. The van der Waals surface area contributed by atoms with Crippen molar-refractivity contribution in [2.24, 2.45) is 0 Å². The molecule has 0 amide bonds. The number of aromatic nitrogens is 3. The highest BCUT2D eigenvalue weighted by Crippen LogP contribution is 2.44. The van der Waals surface area contributed by atoms with E-state index in [4.69, 9.17) is 15.2 Å². The van der Waals surface area contributed by atoms with Gasteiger partial charge in [0.15, 0.2) is 5.82 Å². The Kier molecular flexibility index (Phi) is 6.78. The standard InChI is InChI=1S/C23H25F5N6O2/c1-9-7-10(2)36-21-14-19(33-22(35-4)34-20(14)31-6-5-30-9)17(25)18(32-21)12-8-13(29)16(24)11(3)15(12)23(26,27)28/h8-10,30H,5-7,29H2,1-4H3,(H,31,33,34). The van der Waals surface area contributed by atoms with Crippen LogP contribution in [0.25, 0.3) is 22.2 Å². The van der Waals surface area contributed by atoms with Gasteiger partial charge in [0.1, 0.15) is 28.2 Å². The van der Waals surface area contributed by atoms with Crippen molar-refractivity contribution in [3.8, 4) is 23.1 Å². The largest absolute Gasteiger partial charge is 0.474 e. The number of ether oxygens (including phenoxy) is 2. The van der Waals surface area contributed by atoms with E-state index in [0.717, 1.165) is 6.92 Å². The summed E-state index contributed by atoms with van der Waals surface area (Å²) in [7, 11) is 1.27. The number of anilines is 2. The maximum atomic E-state index is 16.0. The number of benzene rings is 1. The molecule has 4 N–H and O–H groups in total. The molecule has 36 heavy (non-hydrogen) atoms. The summed E-state index contributed by atoms with van der Waals surface area (Å²) in [5.41, 5.74) is 1.04. The van der Waals surface area contributed by atoms with E-state index in [9.17, 15) is 17.6 Å². The van der Waals surface area contributed by atoms with Crippen LogP contribution in [0.4, 0.5) is 33.5 Å². The maximum absolute atomic E-state index is 16.0. The molecule has 1 aromatic carbocycles. The number of alkyl halides is 3. The SMILES string of the molecule is COc1nc2c3c(nc(-c4cc(N)c(F)c(C)c4C(F)(F)F)c(F)c3n1)OC(C)CC(C)NCCN2. The minimum absolute atomic E-state index is 0.0374. The van der Waals surface area contributed by atoms with Gasteiger partial charge < -0.3 is 25.8 Å². The average molecular weight is 512 g/mol. The Morgan fingerprint density at radius 1 is 1.11 bits per heavy atom. The van der Waals surface area contributed by atoms with Crippen molar-refractivity contribution >= 4 is 22.4 Å². The molecule has 2 unspecified atom stereocenters. The number of nitrogens with zero attached hydrogens (tertiary/aromatic N) is 3. The van der Waals surface area contributed by atoms with Crippen LogP contribution in [0.3, 0.4) is 0 Å². The highest BCUT2D eigenvalue weighted by Gasteiger charge is 2.39. The van der Waals surface area contributed by atoms with Gasteiger partial charge in [-0.25, -0.2) is 13.8 Å². The normalized spacial score (nSPS) is 18.8. The number of nitrogens with one attached hydrogen (secondary N) is 2. The molecule has 0 bridgehead atoms. The molecule has 1 aliphatic rings. The van der Waals surface area contributed by atoms with Crippen LogP contribution in [-0.2, 0) is 6.18 Å². The summed E-state index contributed by atoms with van der Waals surface area (Å²) in [5, 5.41) is 6.40. The summed E-state index contributed by atoms with van der Waals surface area (Å²) in [5.74, 6) is -2.47. The second-order valence-corrected chi connectivity index (χ2v) is 8.63. The highest BCUT2D eigenvalue weighted by atomic mass is 19.4. The van der Waals surface area contributed by atoms with Gasteiger partial charge in [-0.3, -0.25) is 0 Å². The van der Waals surface area contributed by atoms with Gasteiger partial charge in [-0.05, 0) is 38.8 Å². The molecule has 194 valence electrons. The van der Waals surface area contributed by atoms with E-state index in [2.05, 4.69) is 25.6 Å². The van der Waals surface area contributed by atoms with Crippen LogP contribution < -0.4 is 25.8 Å². The zero-order chi connectivity index (χ0) is 26.4. The number of methoxy groups -OCH3 is 1. The van der Waals surface area contributed by atoms with Crippen LogP contribution in [0.5, 0.6) is 11.9 Å². The van der Waals surface area contributed by atoms with E-state index in [1.807, 2.05) is 6.92 Å². The second kappa shape index (κ2) is 9.52. The fourth-order valence-corrected chi connectivity index (χ4v) is 4.29. The summed E-state index contributed by atoms with van der Waals surface area (Å²) in [4.78, 5) is 12.5. The average Bonchev–Trinajstić information content (AvgIpc) is 2.82. The monoisotopic (exact) mass is 512 g/mol. The quantitative estimate of drug-likeness (QED) is 0.342. The molecule has 3 aromatic rings. The highest BCUT2D eigenvalue weighted by molar-refractivity contribution is 5.96. The molecule has 4 rings (SSSR count). The minimum Gasteiger partial charge on any atom is -0.474 e. The first-order valence-corrected chi connectivity index (χ1v) is 11.2. The molecule has 0 fully saturated rings. The van der Waals surface area contributed by atoms with E-state index >= 15 is 4.39 Å². The number of hydrogen-bond donors (Lipinski definition) is 3. The first kappa shape index (κ1) is 25.6. The molecule has 0 aliphatic carbocycles. The van der Waals surface area contributed by atoms with Crippen molar-refractivity contribution in [1.29, 1.82) is 0 Å². The lowest BCUT2D eigenvalue weighted by Gasteiger charge is -2.21. The Bertz CT molecular complexity index is 1320. The Morgan fingerprint density at radius 3 is 2.50 bits per heavy atom. The summed E-state index contributed by atoms with van der Waals surface area (Å²) in [6.07, 6.45) is -4.96. The molecular weight excluding hydrogens is 487 g/mol. The molecule has 13 heteroatoms. The van der Waals surface area contributed by atoms with Crippen molar-refractivity contribution in [3.05, 3.63) is 28.8 Å². The van der Waals surface area contributed by atoms with Gasteiger partial charge in [-0.15, -0.1) is 0 Å². The molecule has 2 atom stereocenters. The number of halogens is 5. The number of nitrogen functional groups attached to an aromatic ring is 1. The number of pyridine rings is 1. The zero-order valence-corrected chi connectivity index (χ0v) is 20.0. The van der Waals surface area contributed by atoms with Crippen molar-refractivity contribution in [1.82, 2.24) is 20.3 Å². The lowest BCUT2D eigenvalue weighted by Crippen LogP contribution is -2.34. The summed E-state index contributed by atoms with van der Waals surface area (Å²) in [6.45, 7) is 5.57. The lowest BCUT2D eigenvalue weighted by atomic mass is 9.96. The van der Waals surface area contributed by atoms with Gasteiger partial charge in [0.2, 0.25) is 5.88 Å². The number of rotatable bonds is 2. The predicted octanol–water partition coefficient (Wildman–Crippen LogP) is 4.45. The molecule has 3 heterocycles. The van der Waals surface area contributed by atoms with E-state index in [-0.39, 0.29) is 34.7 Å². The van der Waals surface area contributed by atoms with E-state index < -0.39 is 52.0 Å². The molecule has 0 saturated carbocycles. The van der Waals surface area contributed by atoms with Gasteiger partial charge in [0.05, 0.1) is 24.5 Å². The first-order valence-electron chi connectivity index (χ1n) is 11.2. The molecule has 8 nitrogen and oxygen atoms in total. The number of hydrogen-bond acceptors (Lipinski definition) is 8. The Balaban J connectivity index is 2.09. The smallest absolute Gasteiger partial charge is 0.417 e. The van der Waals surface area contributed by atoms with Crippen molar-refractivity contribution in [2.45, 2.75) is 45.5 Å². The van der Waals surface area contributed by atoms with E-state index in [0.29, 0.717) is 25.6 Å². The van der Waals surface area contributed by atoms with Gasteiger partial charge in [-0.2, -0.15) is 23.1 Å². The Hall–Kier alpha value is -3.48. The van der Waals surface area contributed by atoms with Crippen LogP contribution in [0.1, 0.15) is 31.4 Å². The van der Waals surface area contributed by atoms with E-state index in [1.165, 1.54) is 7.11 Å². The molecule has 2 aromatic heterocycles. The molecule has 1 aliphatic heterocycles. The Morgan fingerprint density at radius 2 is 1.83 bits per heavy atom. The minimum atomic E-state index is -5.03. The fourth-order valence-electron chi connectivity index (χ4n) is 4.29. The summed E-state index contributed by atoms with van der Waals surface area (Å²) < 4.78 is 83.6. The third-order valence-electron chi connectivity index (χ3n) is 5.89. The van der Waals surface area contributed by atoms with Crippen LogP contribution >= 0.6 is 0 Å². The van der Waals surface area contributed by atoms with Crippen molar-refractivity contribution < 1.29 is 31.4 Å². The topological polar surface area (TPSA) is 107 Å². The van der Waals surface area contributed by atoms with Crippen molar-refractivity contribution in [2.75, 3.05) is 31.2 Å². The first-order chi connectivity index (χ1) is 16.9. The van der Waals surface area contributed by atoms with Crippen LogP contribution in [-0.4, -0.2) is 47.3 Å². The lowest BCUT2D eigenvalue weighted by molar-refractivity contribution is -0.137. The maximum Gasteiger partial charge on any atom is 0.417 e. The van der Waals surface area contributed by atoms with Crippen LogP contribution in [0, 0.1) is 18.6 Å². The molecule has 0 spiro atoms. The zero-order valence-electron chi connectivity index (χ0n) is 20.0. The van der Waals surface area contributed by atoms with Gasteiger partial charge in [-0.1, -0.05) is 0 Å². The Labute approximate surface area is 203 Å². The van der Waals surface area contributed by atoms with Crippen LogP contribution in [0.2, 0.25) is 0 Å². The van der Waals surface area contributed by atoms with Gasteiger partial charge in [0, 0.05) is 24.7 Å². The molecule has 0 radical (unpaired) electrons.